The highest BCUT2D eigenvalue weighted by molar-refractivity contribution is 6.00. The van der Waals surface area contributed by atoms with Crippen LogP contribution in [-0.4, -0.2) is 42.4 Å². The molecule has 120 valence electrons. The number of fused-ring (bicyclic) bond motifs is 1. The Bertz CT molecular complexity index is 577. The Kier molecular flexibility index (Phi) is 5.29. The van der Waals surface area contributed by atoms with Crippen molar-refractivity contribution in [1.82, 2.24) is 10.2 Å². The van der Waals surface area contributed by atoms with E-state index in [1.165, 1.54) is 0 Å². The SMILES string of the molecule is CCC1C(=O)NCCN1C(=O)c1cccc2c1CCCN2.Cl. The number of anilines is 1. The zero-order chi connectivity index (χ0) is 14.8. The van der Waals surface area contributed by atoms with Gasteiger partial charge in [-0.15, -0.1) is 12.4 Å². The maximum atomic E-state index is 12.9. The third-order valence-electron chi connectivity index (χ3n) is 4.30. The molecule has 1 fully saturated rings. The Hall–Kier alpha value is -1.75. The summed E-state index contributed by atoms with van der Waals surface area (Å²) in [6, 6.07) is 5.47. The van der Waals surface area contributed by atoms with Crippen molar-refractivity contribution in [3.05, 3.63) is 29.3 Å². The molecule has 0 aliphatic carbocycles. The summed E-state index contributed by atoms with van der Waals surface area (Å²) in [7, 11) is 0. The van der Waals surface area contributed by atoms with Crippen LogP contribution in [0.25, 0.3) is 0 Å². The summed E-state index contributed by atoms with van der Waals surface area (Å²) in [6.45, 7) is 4.01. The molecule has 1 atom stereocenters. The van der Waals surface area contributed by atoms with Crippen molar-refractivity contribution < 1.29 is 9.59 Å². The number of nitrogens with zero attached hydrogens (tertiary/aromatic N) is 1. The number of nitrogens with one attached hydrogen (secondary N) is 2. The fraction of sp³-hybridized carbons (Fsp3) is 0.500. The van der Waals surface area contributed by atoms with Crippen LogP contribution >= 0.6 is 12.4 Å². The number of carbonyl (C=O) groups excluding carboxylic acids is 2. The first-order valence-electron chi connectivity index (χ1n) is 7.66. The van der Waals surface area contributed by atoms with Gasteiger partial charge in [0, 0.05) is 30.9 Å². The smallest absolute Gasteiger partial charge is 0.254 e. The van der Waals surface area contributed by atoms with Crippen molar-refractivity contribution in [3.8, 4) is 0 Å². The first kappa shape index (κ1) is 16.6. The second kappa shape index (κ2) is 7.01. The minimum Gasteiger partial charge on any atom is -0.385 e. The average Bonchev–Trinajstić information content (AvgIpc) is 2.53. The first-order chi connectivity index (χ1) is 10.2. The van der Waals surface area contributed by atoms with Gasteiger partial charge in [0.25, 0.3) is 5.91 Å². The summed E-state index contributed by atoms with van der Waals surface area (Å²) >= 11 is 0. The van der Waals surface area contributed by atoms with Crippen LogP contribution in [0.2, 0.25) is 0 Å². The quantitative estimate of drug-likeness (QED) is 0.872. The lowest BCUT2D eigenvalue weighted by atomic mass is 9.96. The van der Waals surface area contributed by atoms with Gasteiger partial charge in [0.2, 0.25) is 5.91 Å². The van der Waals surface area contributed by atoms with E-state index in [0.29, 0.717) is 19.5 Å². The van der Waals surface area contributed by atoms with E-state index < -0.39 is 0 Å². The Morgan fingerprint density at radius 2 is 2.14 bits per heavy atom. The first-order valence-corrected chi connectivity index (χ1v) is 7.66. The highest BCUT2D eigenvalue weighted by Gasteiger charge is 2.33. The van der Waals surface area contributed by atoms with Crippen LogP contribution in [0.1, 0.15) is 35.7 Å². The Labute approximate surface area is 136 Å². The predicted molar refractivity (Wildman–Crippen MR) is 88.6 cm³/mol. The van der Waals surface area contributed by atoms with Gasteiger partial charge in [0.1, 0.15) is 6.04 Å². The van der Waals surface area contributed by atoms with Crippen LogP contribution in [0.4, 0.5) is 5.69 Å². The van der Waals surface area contributed by atoms with E-state index in [-0.39, 0.29) is 30.3 Å². The summed E-state index contributed by atoms with van der Waals surface area (Å²) in [6.07, 6.45) is 2.60. The van der Waals surface area contributed by atoms with Crippen LogP contribution in [0, 0.1) is 0 Å². The lowest BCUT2D eigenvalue weighted by Gasteiger charge is -2.35. The van der Waals surface area contributed by atoms with Crippen molar-refractivity contribution >= 4 is 29.9 Å². The molecule has 2 aliphatic rings. The van der Waals surface area contributed by atoms with Crippen LogP contribution in [0.3, 0.4) is 0 Å². The molecule has 2 aliphatic heterocycles. The number of benzene rings is 1. The van der Waals surface area contributed by atoms with Gasteiger partial charge < -0.3 is 15.5 Å². The monoisotopic (exact) mass is 323 g/mol. The molecule has 1 saturated heterocycles. The van der Waals surface area contributed by atoms with Crippen LogP contribution in [-0.2, 0) is 11.2 Å². The summed E-state index contributed by atoms with van der Waals surface area (Å²) in [5.41, 5.74) is 2.89. The highest BCUT2D eigenvalue weighted by atomic mass is 35.5. The molecule has 6 heteroatoms. The molecular weight excluding hydrogens is 302 g/mol. The molecule has 0 saturated carbocycles. The Morgan fingerprint density at radius 1 is 1.32 bits per heavy atom. The lowest BCUT2D eigenvalue weighted by Crippen LogP contribution is -2.57. The van der Waals surface area contributed by atoms with Crippen molar-refractivity contribution in [1.29, 1.82) is 0 Å². The van der Waals surface area contributed by atoms with Crippen molar-refractivity contribution in [2.75, 3.05) is 25.0 Å². The number of carbonyl (C=O) groups is 2. The number of hydrogen-bond acceptors (Lipinski definition) is 3. The normalized spacial score (nSPS) is 20.3. The minimum absolute atomic E-state index is 0. The molecule has 1 unspecified atom stereocenters. The van der Waals surface area contributed by atoms with Gasteiger partial charge in [-0.25, -0.2) is 0 Å². The standard InChI is InChI=1S/C16H21N3O2.ClH/c1-2-14-15(20)18-9-10-19(14)16(21)12-5-3-7-13-11(12)6-4-8-17-13;/h3,5,7,14,17H,2,4,6,8-10H2,1H3,(H,18,20);1H. The van der Waals surface area contributed by atoms with Crippen LogP contribution in [0.15, 0.2) is 18.2 Å². The van der Waals surface area contributed by atoms with E-state index in [1.54, 1.807) is 4.90 Å². The maximum absolute atomic E-state index is 12.9. The van der Waals surface area contributed by atoms with E-state index in [9.17, 15) is 9.59 Å². The fourth-order valence-corrected chi connectivity index (χ4v) is 3.23. The molecule has 2 N–H and O–H groups in total. The minimum atomic E-state index is -0.348. The number of halogens is 1. The van der Waals surface area contributed by atoms with Gasteiger partial charge in [-0.1, -0.05) is 13.0 Å². The molecule has 2 heterocycles. The summed E-state index contributed by atoms with van der Waals surface area (Å²) < 4.78 is 0. The molecule has 2 amide bonds. The second-order valence-corrected chi connectivity index (χ2v) is 5.58. The molecule has 5 nitrogen and oxygen atoms in total. The van der Waals surface area contributed by atoms with Crippen LogP contribution < -0.4 is 10.6 Å². The molecule has 0 spiro atoms. The molecule has 0 bridgehead atoms. The maximum Gasteiger partial charge on any atom is 0.254 e. The average molecular weight is 324 g/mol. The number of hydrogen-bond donors (Lipinski definition) is 2. The molecular formula is C16H22ClN3O2. The molecule has 0 aromatic heterocycles. The fourth-order valence-electron chi connectivity index (χ4n) is 3.23. The predicted octanol–water partition coefficient (Wildman–Crippen LogP) is 1.82. The highest BCUT2D eigenvalue weighted by Crippen LogP contribution is 2.27. The summed E-state index contributed by atoms with van der Waals surface area (Å²) in [5.74, 6) is -0.0581. The summed E-state index contributed by atoms with van der Waals surface area (Å²) in [5, 5.41) is 6.18. The third kappa shape index (κ3) is 2.90. The van der Waals surface area contributed by atoms with Gasteiger partial charge in [-0.05, 0) is 37.0 Å². The Morgan fingerprint density at radius 3 is 2.91 bits per heavy atom. The topological polar surface area (TPSA) is 61.4 Å². The number of piperazine rings is 1. The zero-order valence-corrected chi connectivity index (χ0v) is 13.5. The Balaban J connectivity index is 0.00000176. The van der Waals surface area contributed by atoms with Gasteiger partial charge in [-0.3, -0.25) is 9.59 Å². The van der Waals surface area contributed by atoms with E-state index in [0.717, 1.165) is 36.2 Å². The van der Waals surface area contributed by atoms with Gasteiger partial charge in [0.15, 0.2) is 0 Å². The van der Waals surface area contributed by atoms with E-state index >= 15 is 0 Å². The van der Waals surface area contributed by atoms with Crippen molar-refractivity contribution in [3.63, 3.8) is 0 Å². The zero-order valence-electron chi connectivity index (χ0n) is 12.7. The van der Waals surface area contributed by atoms with E-state index in [1.807, 2.05) is 25.1 Å². The number of amides is 2. The van der Waals surface area contributed by atoms with E-state index in [4.69, 9.17) is 0 Å². The van der Waals surface area contributed by atoms with Gasteiger partial charge >= 0.3 is 0 Å². The van der Waals surface area contributed by atoms with Gasteiger partial charge in [-0.2, -0.15) is 0 Å². The molecule has 1 aromatic carbocycles. The van der Waals surface area contributed by atoms with Crippen molar-refractivity contribution in [2.45, 2.75) is 32.2 Å². The van der Waals surface area contributed by atoms with Crippen molar-refractivity contribution in [2.24, 2.45) is 0 Å². The number of rotatable bonds is 2. The third-order valence-corrected chi connectivity index (χ3v) is 4.30. The largest absolute Gasteiger partial charge is 0.385 e. The molecule has 0 radical (unpaired) electrons. The van der Waals surface area contributed by atoms with E-state index in [2.05, 4.69) is 10.6 Å². The molecule has 1 aromatic rings. The summed E-state index contributed by atoms with van der Waals surface area (Å²) in [4.78, 5) is 26.6. The lowest BCUT2D eigenvalue weighted by molar-refractivity contribution is -0.127. The second-order valence-electron chi connectivity index (χ2n) is 5.58. The van der Waals surface area contributed by atoms with Crippen LogP contribution in [0.5, 0.6) is 0 Å². The molecule has 3 rings (SSSR count). The molecule has 22 heavy (non-hydrogen) atoms. The van der Waals surface area contributed by atoms with Gasteiger partial charge in [0.05, 0.1) is 0 Å².